The Morgan fingerprint density at radius 1 is 1.50 bits per heavy atom. The van der Waals surface area contributed by atoms with E-state index < -0.39 is 9.84 Å². The zero-order chi connectivity index (χ0) is 12.8. The largest absolute Gasteiger partial charge is 0.508 e. The normalized spacial score (nSPS) is 22.6. The van der Waals surface area contributed by atoms with E-state index in [1.807, 2.05) is 4.40 Å². The van der Waals surface area contributed by atoms with E-state index in [4.69, 9.17) is 0 Å². The van der Waals surface area contributed by atoms with E-state index >= 15 is 0 Å². The molecule has 1 saturated heterocycles. The van der Waals surface area contributed by atoms with Gasteiger partial charge in [-0.2, -0.15) is 0 Å². The molecule has 1 aliphatic heterocycles. The summed E-state index contributed by atoms with van der Waals surface area (Å²) in [5, 5.41) is 9.37. The fourth-order valence-electron chi connectivity index (χ4n) is 2.49. The smallest absolute Gasteiger partial charge is 0.150 e. The summed E-state index contributed by atoms with van der Waals surface area (Å²) >= 11 is 0. The monoisotopic (exact) mass is 266 g/mol. The molecule has 3 rings (SSSR count). The van der Waals surface area contributed by atoms with E-state index in [0.29, 0.717) is 12.2 Å². The molecule has 0 saturated carbocycles. The van der Waals surface area contributed by atoms with Crippen molar-refractivity contribution in [2.75, 3.05) is 11.5 Å². The molecule has 0 spiro atoms. The number of nitrogens with zero attached hydrogens (tertiary/aromatic N) is 2. The molecule has 1 fully saturated rings. The predicted molar refractivity (Wildman–Crippen MR) is 67.3 cm³/mol. The van der Waals surface area contributed by atoms with Gasteiger partial charge in [0.1, 0.15) is 11.6 Å². The van der Waals surface area contributed by atoms with E-state index in [2.05, 4.69) is 4.98 Å². The van der Waals surface area contributed by atoms with Crippen molar-refractivity contribution in [3.05, 3.63) is 30.4 Å². The number of pyridine rings is 1. The highest BCUT2D eigenvalue weighted by Crippen LogP contribution is 2.23. The molecular weight excluding hydrogens is 252 g/mol. The lowest BCUT2D eigenvalue weighted by Crippen LogP contribution is -2.09. The Bertz CT molecular complexity index is 690. The molecule has 0 bridgehead atoms. The van der Waals surface area contributed by atoms with Crippen molar-refractivity contribution < 1.29 is 13.5 Å². The standard InChI is InChI=1S/C12H14N2O3S/c15-11-1-3-14-10(6-11)7-13-12(14)5-9-2-4-18(16,17)8-9/h1,3,6-7,9,15H,2,4-5,8H2. The summed E-state index contributed by atoms with van der Waals surface area (Å²) in [7, 11) is -2.84. The van der Waals surface area contributed by atoms with Crippen LogP contribution in [0.5, 0.6) is 5.75 Å². The number of aromatic hydroxyl groups is 1. The third kappa shape index (κ3) is 2.08. The molecule has 1 aliphatic rings. The molecule has 18 heavy (non-hydrogen) atoms. The van der Waals surface area contributed by atoms with Gasteiger partial charge in [0, 0.05) is 18.7 Å². The molecular formula is C12H14N2O3S. The number of rotatable bonds is 2. The van der Waals surface area contributed by atoms with Crippen LogP contribution < -0.4 is 0 Å². The van der Waals surface area contributed by atoms with Crippen LogP contribution >= 0.6 is 0 Å². The van der Waals surface area contributed by atoms with Crippen molar-refractivity contribution >= 4 is 15.4 Å². The average Bonchev–Trinajstić information content (AvgIpc) is 2.83. The number of imidazole rings is 1. The topological polar surface area (TPSA) is 71.7 Å². The molecule has 1 atom stereocenters. The number of hydrogen-bond acceptors (Lipinski definition) is 4. The molecule has 6 heteroatoms. The molecule has 2 aromatic rings. The van der Waals surface area contributed by atoms with Gasteiger partial charge in [-0.1, -0.05) is 0 Å². The highest BCUT2D eigenvalue weighted by molar-refractivity contribution is 7.91. The van der Waals surface area contributed by atoms with Gasteiger partial charge in [-0.15, -0.1) is 0 Å². The first-order valence-corrected chi connectivity index (χ1v) is 7.71. The van der Waals surface area contributed by atoms with Crippen LogP contribution in [0.15, 0.2) is 24.5 Å². The van der Waals surface area contributed by atoms with Gasteiger partial charge >= 0.3 is 0 Å². The van der Waals surface area contributed by atoms with E-state index in [9.17, 15) is 13.5 Å². The molecule has 0 aromatic carbocycles. The third-order valence-corrected chi connectivity index (χ3v) is 5.23. The number of sulfone groups is 1. The van der Waals surface area contributed by atoms with Crippen molar-refractivity contribution in [1.29, 1.82) is 0 Å². The maximum Gasteiger partial charge on any atom is 0.150 e. The van der Waals surface area contributed by atoms with Crippen LogP contribution in [0.25, 0.3) is 5.52 Å². The number of fused-ring (bicyclic) bond motifs is 1. The molecule has 0 radical (unpaired) electrons. The molecule has 5 nitrogen and oxygen atoms in total. The Morgan fingerprint density at radius 2 is 2.33 bits per heavy atom. The second-order valence-electron chi connectivity index (χ2n) is 4.83. The summed E-state index contributed by atoms with van der Waals surface area (Å²) in [6.45, 7) is 0. The van der Waals surface area contributed by atoms with Crippen molar-refractivity contribution in [2.24, 2.45) is 5.92 Å². The first-order valence-electron chi connectivity index (χ1n) is 5.89. The molecule has 0 amide bonds. The van der Waals surface area contributed by atoms with E-state index in [-0.39, 0.29) is 17.4 Å². The summed E-state index contributed by atoms with van der Waals surface area (Å²) in [6, 6.07) is 3.24. The Morgan fingerprint density at radius 3 is 3.06 bits per heavy atom. The minimum atomic E-state index is -2.84. The maximum atomic E-state index is 11.4. The van der Waals surface area contributed by atoms with Crippen molar-refractivity contribution in [1.82, 2.24) is 9.38 Å². The lowest BCUT2D eigenvalue weighted by Gasteiger charge is -2.06. The van der Waals surface area contributed by atoms with Gasteiger partial charge < -0.3 is 9.51 Å². The van der Waals surface area contributed by atoms with E-state index in [0.717, 1.165) is 17.8 Å². The van der Waals surface area contributed by atoms with E-state index in [1.54, 1.807) is 24.5 Å². The quantitative estimate of drug-likeness (QED) is 0.880. The van der Waals surface area contributed by atoms with Crippen LogP contribution in [0.3, 0.4) is 0 Å². The van der Waals surface area contributed by atoms with Crippen LogP contribution in [0.1, 0.15) is 12.2 Å². The molecule has 1 unspecified atom stereocenters. The van der Waals surface area contributed by atoms with E-state index in [1.165, 1.54) is 0 Å². The van der Waals surface area contributed by atoms with Gasteiger partial charge in [-0.25, -0.2) is 13.4 Å². The Balaban J connectivity index is 1.87. The zero-order valence-corrected chi connectivity index (χ0v) is 10.6. The van der Waals surface area contributed by atoms with Gasteiger partial charge in [-0.3, -0.25) is 0 Å². The third-order valence-electron chi connectivity index (χ3n) is 3.39. The minimum absolute atomic E-state index is 0.161. The maximum absolute atomic E-state index is 11.4. The van der Waals surface area contributed by atoms with Crippen molar-refractivity contribution in [3.63, 3.8) is 0 Å². The van der Waals surface area contributed by atoms with Crippen LogP contribution in [0, 0.1) is 5.92 Å². The second kappa shape index (κ2) is 3.98. The molecule has 3 heterocycles. The summed E-state index contributed by atoms with van der Waals surface area (Å²) in [5.41, 5.74) is 0.825. The molecule has 1 N–H and O–H groups in total. The summed E-state index contributed by atoms with van der Waals surface area (Å²) in [5.74, 6) is 1.78. The van der Waals surface area contributed by atoms with Gasteiger partial charge in [0.2, 0.25) is 0 Å². The Labute approximate surface area is 105 Å². The molecule has 96 valence electrons. The van der Waals surface area contributed by atoms with Crippen molar-refractivity contribution in [3.8, 4) is 5.75 Å². The Kier molecular flexibility index (Phi) is 2.55. The fourth-order valence-corrected chi connectivity index (χ4v) is 4.35. The lowest BCUT2D eigenvalue weighted by atomic mass is 10.1. The highest BCUT2D eigenvalue weighted by atomic mass is 32.2. The number of aromatic nitrogens is 2. The van der Waals surface area contributed by atoms with Gasteiger partial charge in [0.25, 0.3) is 0 Å². The molecule has 0 aliphatic carbocycles. The Hall–Kier alpha value is -1.56. The van der Waals surface area contributed by atoms with Crippen molar-refractivity contribution in [2.45, 2.75) is 12.8 Å². The summed E-state index contributed by atoms with van der Waals surface area (Å²) < 4.78 is 24.7. The van der Waals surface area contributed by atoms with Gasteiger partial charge in [0.05, 0.1) is 23.2 Å². The first-order chi connectivity index (χ1) is 8.53. The molecule has 2 aromatic heterocycles. The lowest BCUT2D eigenvalue weighted by molar-refractivity contribution is 0.475. The minimum Gasteiger partial charge on any atom is -0.508 e. The van der Waals surface area contributed by atoms with Crippen LogP contribution in [0.2, 0.25) is 0 Å². The van der Waals surface area contributed by atoms with Gasteiger partial charge in [-0.05, 0) is 18.4 Å². The average molecular weight is 266 g/mol. The van der Waals surface area contributed by atoms with Crippen LogP contribution in [-0.4, -0.2) is 34.4 Å². The second-order valence-corrected chi connectivity index (χ2v) is 7.06. The highest BCUT2D eigenvalue weighted by Gasteiger charge is 2.28. The van der Waals surface area contributed by atoms with Crippen LogP contribution in [0.4, 0.5) is 0 Å². The summed E-state index contributed by atoms with van der Waals surface area (Å²) in [6.07, 6.45) is 4.84. The SMILES string of the molecule is O=S1(=O)CCC(Cc2ncc3cc(O)ccn23)C1. The predicted octanol–water partition coefficient (Wildman–Crippen LogP) is 1.02. The van der Waals surface area contributed by atoms with Gasteiger partial charge in [0.15, 0.2) is 9.84 Å². The fraction of sp³-hybridized carbons (Fsp3) is 0.417. The number of hydrogen-bond donors (Lipinski definition) is 1. The first kappa shape index (κ1) is 11.5. The summed E-state index contributed by atoms with van der Waals surface area (Å²) in [4.78, 5) is 4.30. The zero-order valence-electron chi connectivity index (χ0n) is 9.78. The van der Waals surface area contributed by atoms with Crippen LogP contribution in [-0.2, 0) is 16.3 Å².